The van der Waals surface area contributed by atoms with E-state index in [1.54, 1.807) is 14.2 Å². The molecule has 0 amide bonds. The van der Waals surface area contributed by atoms with Crippen LogP contribution < -0.4 is 14.8 Å². The average molecular weight is 301 g/mol. The van der Waals surface area contributed by atoms with E-state index >= 15 is 0 Å². The fourth-order valence-corrected chi connectivity index (χ4v) is 2.10. The van der Waals surface area contributed by atoms with Crippen molar-refractivity contribution in [3.05, 3.63) is 22.7 Å². The monoisotopic (exact) mass is 300 g/mol. The SMILES string of the molecule is COc1ccc(CNCCN(C)C(C)C)c(Cl)c1OC. The number of nitrogens with one attached hydrogen (secondary N) is 1. The van der Waals surface area contributed by atoms with E-state index in [0.717, 1.165) is 18.7 Å². The average Bonchev–Trinajstić information content (AvgIpc) is 2.43. The molecule has 4 nitrogen and oxygen atoms in total. The van der Waals surface area contributed by atoms with E-state index in [2.05, 4.69) is 31.1 Å². The first-order valence-electron chi connectivity index (χ1n) is 6.81. The second-order valence-corrected chi connectivity index (χ2v) is 5.40. The largest absolute Gasteiger partial charge is 0.493 e. The molecule has 1 N–H and O–H groups in total. The first-order chi connectivity index (χ1) is 9.51. The minimum Gasteiger partial charge on any atom is -0.493 e. The van der Waals surface area contributed by atoms with Crippen molar-refractivity contribution in [2.45, 2.75) is 26.4 Å². The molecule has 114 valence electrons. The van der Waals surface area contributed by atoms with Gasteiger partial charge in [-0.2, -0.15) is 0 Å². The molecule has 0 fully saturated rings. The zero-order valence-electron chi connectivity index (χ0n) is 13.0. The summed E-state index contributed by atoms with van der Waals surface area (Å²) in [7, 11) is 5.32. The molecule has 1 aromatic rings. The number of rotatable bonds is 8. The first kappa shape index (κ1) is 17.1. The van der Waals surface area contributed by atoms with E-state index in [9.17, 15) is 0 Å². The quantitative estimate of drug-likeness (QED) is 0.749. The zero-order chi connectivity index (χ0) is 15.1. The smallest absolute Gasteiger partial charge is 0.179 e. The fourth-order valence-electron chi connectivity index (χ4n) is 1.80. The van der Waals surface area contributed by atoms with Crippen LogP contribution in [0.15, 0.2) is 12.1 Å². The Morgan fingerprint density at radius 2 is 1.95 bits per heavy atom. The number of hydrogen-bond acceptors (Lipinski definition) is 4. The number of nitrogens with zero attached hydrogens (tertiary/aromatic N) is 1. The van der Waals surface area contributed by atoms with Gasteiger partial charge in [-0.3, -0.25) is 0 Å². The number of likely N-dealkylation sites (N-methyl/N-ethyl adjacent to an activating group) is 1. The predicted octanol–water partition coefficient (Wildman–Crippen LogP) is 2.79. The predicted molar refractivity (Wildman–Crippen MR) is 84.0 cm³/mol. The molecular weight excluding hydrogens is 276 g/mol. The summed E-state index contributed by atoms with van der Waals surface area (Å²) in [5.41, 5.74) is 1.01. The summed E-state index contributed by atoms with van der Waals surface area (Å²) in [6.45, 7) is 7.00. The highest BCUT2D eigenvalue weighted by Crippen LogP contribution is 2.37. The van der Waals surface area contributed by atoms with E-state index in [-0.39, 0.29) is 0 Å². The van der Waals surface area contributed by atoms with Crippen LogP contribution in [0, 0.1) is 0 Å². The van der Waals surface area contributed by atoms with Gasteiger partial charge >= 0.3 is 0 Å². The topological polar surface area (TPSA) is 33.7 Å². The van der Waals surface area contributed by atoms with Crippen LogP contribution in [0.1, 0.15) is 19.4 Å². The van der Waals surface area contributed by atoms with Gasteiger partial charge in [-0.05, 0) is 32.5 Å². The van der Waals surface area contributed by atoms with E-state index in [1.807, 2.05) is 12.1 Å². The Bertz CT molecular complexity index is 425. The van der Waals surface area contributed by atoms with Gasteiger partial charge in [0.05, 0.1) is 19.2 Å². The fraction of sp³-hybridized carbons (Fsp3) is 0.600. The molecule has 0 saturated carbocycles. The van der Waals surface area contributed by atoms with Gasteiger partial charge in [-0.15, -0.1) is 0 Å². The van der Waals surface area contributed by atoms with Crippen molar-refractivity contribution in [3.63, 3.8) is 0 Å². The van der Waals surface area contributed by atoms with Gasteiger partial charge in [0, 0.05) is 25.7 Å². The third-order valence-corrected chi connectivity index (χ3v) is 3.82. The van der Waals surface area contributed by atoms with E-state index in [0.29, 0.717) is 29.1 Å². The number of halogens is 1. The summed E-state index contributed by atoms with van der Waals surface area (Å²) < 4.78 is 10.5. The third kappa shape index (κ3) is 4.54. The van der Waals surface area contributed by atoms with Crippen molar-refractivity contribution in [1.29, 1.82) is 0 Å². The van der Waals surface area contributed by atoms with Gasteiger partial charge in [0.1, 0.15) is 0 Å². The Kier molecular flexibility index (Phi) is 7.13. The molecular formula is C15H25ClN2O2. The van der Waals surface area contributed by atoms with Crippen molar-refractivity contribution < 1.29 is 9.47 Å². The molecule has 0 aliphatic carbocycles. The molecule has 5 heteroatoms. The van der Waals surface area contributed by atoms with Crippen LogP contribution >= 0.6 is 11.6 Å². The summed E-state index contributed by atoms with van der Waals surface area (Å²) in [6.07, 6.45) is 0. The number of methoxy groups -OCH3 is 2. The molecule has 0 bridgehead atoms. The van der Waals surface area contributed by atoms with Crippen LogP contribution in [0.25, 0.3) is 0 Å². The molecule has 0 radical (unpaired) electrons. The van der Waals surface area contributed by atoms with E-state index < -0.39 is 0 Å². The van der Waals surface area contributed by atoms with Crippen molar-refractivity contribution in [1.82, 2.24) is 10.2 Å². The molecule has 0 atom stereocenters. The lowest BCUT2D eigenvalue weighted by Gasteiger charge is -2.21. The van der Waals surface area contributed by atoms with Crippen molar-refractivity contribution in [2.24, 2.45) is 0 Å². The summed E-state index contributed by atoms with van der Waals surface area (Å²) in [4.78, 5) is 2.29. The highest BCUT2D eigenvalue weighted by atomic mass is 35.5. The zero-order valence-corrected chi connectivity index (χ0v) is 13.8. The lowest BCUT2D eigenvalue weighted by atomic mass is 10.2. The molecule has 0 aliphatic heterocycles. The van der Waals surface area contributed by atoms with Crippen LogP contribution in [0.5, 0.6) is 11.5 Å². The molecule has 1 rings (SSSR count). The maximum Gasteiger partial charge on any atom is 0.179 e. The van der Waals surface area contributed by atoms with Crippen molar-refractivity contribution in [3.8, 4) is 11.5 Å². The molecule has 1 aromatic carbocycles. The summed E-state index contributed by atoms with van der Waals surface area (Å²) in [6, 6.07) is 4.40. The van der Waals surface area contributed by atoms with E-state index in [4.69, 9.17) is 21.1 Å². The minimum atomic E-state index is 0.557. The molecule has 0 aliphatic rings. The maximum absolute atomic E-state index is 6.33. The van der Waals surface area contributed by atoms with Crippen molar-refractivity contribution in [2.75, 3.05) is 34.4 Å². The highest BCUT2D eigenvalue weighted by molar-refractivity contribution is 6.33. The second-order valence-electron chi connectivity index (χ2n) is 5.03. The number of ether oxygens (including phenoxy) is 2. The van der Waals surface area contributed by atoms with Gasteiger partial charge in [-0.25, -0.2) is 0 Å². The van der Waals surface area contributed by atoms with Gasteiger partial charge in [0.15, 0.2) is 11.5 Å². The van der Waals surface area contributed by atoms with Crippen LogP contribution in [-0.4, -0.2) is 45.3 Å². The van der Waals surface area contributed by atoms with Gasteiger partial charge in [0.25, 0.3) is 0 Å². The molecule has 0 heterocycles. The van der Waals surface area contributed by atoms with Gasteiger partial charge in [0.2, 0.25) is 0 Å². The normalized spacial score (nSPS) is 11.2. The van der Waals surface area contributed by atoms with Gasteiger partial charge < -0.3 is 19.7 Å². The molecule has 20 heavy (non-hydrogen) atoms. The van der Waals surface area contributed by atoms with Crippen LogP contribution in [0.3, 0.4) is 0 Å². The van der Waals surface area contributed by atoms with Crippen LogP contribution in [-0.2, 0) is 6.54 Å². The lowest BCUT2D eigenvalue weighted by Crippen LogP contribution is -2.33. The molecule has 0 saturated heterocycles. The van der Waals surface area contributed by atoms with Gasteiger partial charge in [-0.1, -0.05) is 17.7 Å². The number of benzene rings is 1. The molecule has 0 unspecified atom stereocenters. The van der Waals surface area contributed by atoms with E-state index in [1.165, 1.54) is 0 Å². The van der Waals surface area contributed by atoms with Crippen molar-refractivity contribution >= 4 is 11.6 Å². The molecule has 0 spiro atoms. The highest BCUT2D eigenvalue weighted by Gasteiger charge is 2.12. The summed E-state index contributed by atoms with van der Waals surface area (Å²) in [5, 5.41) is 4.00. The Labute approximate surface area is 127 Å². The van der Waals surface area contributed by atoms with Crippen LogP contribution in [0.2, 0.25) is 5.02 Å². The Morgan fingerprint density at radius 1 is 1.25 bits per heavy atom. The minimum absolute atomic E-state index is 0.557. The third-order valence-electron chi connectivity index (χ3n) is 3.40. The maximum atomic E-state index is 6.33. The Balaban J connectivity index is 2.57. The molecule has 0 aromatic heterocycles. The second kappa shape index (κ2) is 8.35. The van der Waals surface area contributed by atoms with Crippen LogP contribution in [0.4, 0.5) is 0 Å². The Morgan fingerprint density at radius 3 is 2.50 bits per heavy atom. The Hall–Kier alpha value is -0.970. The number of hydrogen-bond donors (Lipinski definition) is 1. The lowest BCUT2D eigenvalue weighted by molar-refractivity contribution is 0.273. The standard InChI is InChI=1S/C15H25ClN2O2/c1-11(2)18(3)9-8-17-10-12-6-7-13(19-4)15(20-5)14(12)16/h6-7,11,17H,8-10H2,1-5H3. The summed E-state index contributed by atoms with van der Waals surface area (Å²) >= 11 is 6.33. The first-order valence-corrected chi connectivity index (χ1v) is 7.19. The summed E-state index contributed by atoms with van der Waals surface area (Å²) in [5.74, 6) is 1.24.